The average molecular weight is 451 g/mol. The van der Waals surface area contributed by atoms with Crippen molar-refractivity contribution in [2.24, 2.45) is 4.99 Å². The fourth-order valence-electron chi connectivity index (χ4n) is 4.68. The van der Waals surface area contributed by atoms with Gasteiger partial charge in [0.15, 0.2) is 0 Å². The Labute approximate surface area is 192 Å². The molecule has 2 aromatic carbocycles. The number of imide groups is 1. The van der Waals surface area contributed by atoms with E-state index in [9.17, 15) is 9.59 Å². The number of benzene rings is 2. The molecule has 164 valence electrons. The summed E-state index contributed by atoms with van der Waals surface area (Å²) in [6.07, 6.45) is 0.984. The van der Waals surface area contributed by atoms with Crippen molar-refractivity contribution in [1.29, 1.82) is 0 Å². The summed E-state index contributed by atoms with van der Waals surface area (Å²) in [6, 6.07) is 15.2. The number of carbonyl (C=O) groups is 2. The van der Waals surface area contributed by atoms with E-state index in [1.807, 2.05) is 28.8 Å². The maximum absolute atomic E-state index is 13.1. The third kappa shape index (κ3) is 3.61. The van der Waals surface area contributed by atoms with Gasteiger partial charge in [0, 0.05) is 32.2 Å². The van der Waals surface area contributed by atoms with E-state index in [4.69, 9.17) is 16.6 Å². The minimum absolute atomic E-state index is 0.257. The van der Waals surface area contributed by atoms with E-state index in [-0.39, 0.29) is 11.9 Å². The standard InChI is InChI=1S/C24H25ClN5O2/c1-27-22-21(23(31)28(2)24(27)32)30(13-16-6-5-9-19(25)12-16)20(26-22)15-29-11-10-17-7-3-4-8-18(17)14-29/h3-9,12,21H,10-11,13-15H2,1-2H3/q+1. The lowest BCUT2D eigenvalue weighted by atomic mass is 10.00. The molecule has 0 saturated carbocycles. The van der Waals surface area contributed by atoms with Crippen LogP contribution in [-0.4, -0.2) is 76.1 Å². The van der Waals surface area contributed by atoms with Crippen LogP contribution in [0.5, 0.6) is 0 Å². The SMILES string of the molecule is CN1C(=O)C2C(=NC(CN3CCc4ccccc4C3)=[N+]2Cc2cccc(Cl)c2)N(C)C1=O. The van der Waals surface area contributed by atoms with Gasteiger partial charge >= 0.3 is 11.9 Å². The molecular weight excluding hydrogens is 426 g/mol. The van der Waals surface area contributed by atoms with Crippen molar-refractivity contribution < 1.29 is 14.2 Å². The predicted molar refractivity (Wildman–Crippen MR) is 123 cm³/mol. The Hall–Kier alpha value is -3.03. The van der Waals surface area contributed by atoms with E-state index in [0.717, 1.165) is 30.9 Å². The van der Waals surface area contributed by atoms with Gasteiger partial charge < -0.3 is 0 Å². The van der Waals surface area contributed by atoms with Crippen molar-refractivity contribution in [3.8, 4) is 0 Å². The normalized spacial score (nSPS) is 21.1. The number of hydrogen-bond donors (Lipinski definition) is 0. The molecule has 0 radical (unpaired) electrons. The summed E-state index contributed by atoms with van der Waals surface area (Å²) in [6.45, 7) is 2.85. The highest BCUT2D eigenvalue weighted by Gasteiger charge is 2.53. The van der Waals surface area contributed by atoms with E-state index in [0.29, 0.717) is 23.9 Å². The van der Waals surface area contributed by atoms with E-state index in [2.05, 4.69) is 29.2 Å². The van der Waals surface area contributed by atoms with Gasteiger partial charge in [-0.25, -0.2) is 9.37 Å². The lowest BCUT2D eigenvalue weighted by molar-refractivity contribution is -0.552. The molecule has 0 bridgehead atoms. The van der Waals surface area contributed by atoms with Crippen molar-refractivity contribution in [3.05, 3.63) is 70.2 Å². The van der Waals surface area contributed by atoms with Crippen molar-refractivity contribution in [2.75, 3.05) is 27.2 Å². The van der Waals surface area contributed by atoms with Crippen LogP contribution in [0.4, 0.5) is 4.79 Å². The van der Waals surface area contributed by atoms with Crippen LogP contribution in [0.15, 0.2) is 53.5 Å². The molecule has 0 N–H and O–H groups in total. The Balaban J connectivity index is 1.50. The third-order valence-corrected chi connectivity index (χ3v) is 6.67. The minimum Gasteiger partial charge on any atom is -0.287 e. The number of amidine groups is 2. The van der Waals surface area contributed by atoms with Crippen molar-refractivity contribution >= 4 is 35.2 Å². The quantitative estimate of drug-likeness (QED) is 0.673. The van der Waals surface area contributed by atoms with Crippen LogP contribution in [-0.2, 0) is 24.3 Å². The lowest BCUT2D eigenvalue weighted by Crippen LogP contribution is -2.61. The maximum atomic E-state index is 13.1. The molecule has 3 heterocycles. The number of aliphatic imine (C=N–C) groups is 1. The number of urea groups is 1. The van der Waals surface area contributed by atoms with Crippen LogP contribution < -0.4 is 0 Å². The monoisotopic (exact) mass is 450 g/mol. The Morgan fingerprint density at radius 1 is 1.06 bits per heavy atom. The molecule has 8 heteroatoms. The number of rotatable bonds is 4. The number of fused-ring (bicyclic) bond motifs is 2. The van der Waals surface area contributed by atoms with E-state index in [1.54, 1.807) is 7.05 Å². The molecule has 1 fully saturated rings. The smallest absolute Gasteiger partial charge is 0.287 e. The highest BCUT2D eigenvalue weighted by Crippen LogP contribution is 2.24. The zero-order valence-electron chi connectivity index (χ0n) is 18.2. The van der Waals surface area contributed by atoms with Gasteiger partial charge in [-0.05, 0) is 40.2 Å². The van der Waals surface area contributed by atoms with E-state index >= 15 is 0 Å². The number of carbonyl (C=O) groups excluding carboxylic acids is 2. The molecule has 0 aromatic heterocycles. The van der Waals surface area contributed by atoms with Crippen LogP contribution in [0.3, 0.4) is 0 Å². The van der Waals surface area contributed by atoms with Gasteiger partial charge in [-0.2, -0.15) is 0 Å². The Morgan fingerprint density at radius 3 is 2.62 bits per heavy atom. The predicted octanol–water partition coefficient (Wildman–Crippen LogP) is 2.61. The third-order valence-electron chi connectivity index (χ3n) is 6.43. The van der Waals surface area contributed by atoms with Crippen LogP contribution >= 0.6 is 11.6 Å². The van der Waals surface area contributed by atoms with Gasteiger partial charge in [0.25, 0.3) is 17.8 Å². The highest BCUT2D eigenvalue weighted by molar-refractivity contribution is 6.30. The Morgan fingerprint density at radius 2 is 1.84 bits per heavy atom. The number of halogens is 1. The van der Waals surface area contributed by atoms with Crippen molar-refractivity contribution in [3.63, 3.8) is 0 Å². The second kappa shape index (κ2) is 8.15. The fraction of sp³-hybridized carbons (Fsp3) is 0.333. The number of likely N-dealkylation sites (N-methyl/N-ethyl adjacent to an activating group) is 2. The summed E-state index contributed by atoms with van der Waals surface area (Å²) in [5.74, 6) is 1.04. The first-order valence-electron chi connectivity index (χ1n) is 10.7. The molecule has 32 heavy (non-hydrogen) atoms. The second-order valence-corrected chi connectivity index (χ2v) is 8.95. The highest BCUT2D eigenvalue weighted by atomic mass is 35.5. The molecular formula is C24H25ClN5O2+. The molecule has 3 amide bonds. The molecule has 3 aliphatic rings. The van der Waals surface area contributed by atoms with Crippen molar-refractivity contribution in [1.82, 2.24) is 14.7 Å². The molecule has 7 nitrogen and oxygen atoms in total. The summed E-state index contributed by atoms with van der Waals surface area (Å²) in [5.41, 5.74) is 3.70. The van der Waals surface area contributed by atoms with Gasteiger partial charge in [0.05, 0.1) is 0 Å². The van der Waals surface area contributed by atoms with E-state index in [1.165, 1.54) is 28.0 Å². The summed E-state index contributed by atoms with van der Waals surface area (Å²) in [5, 5.41) is 0.649. The van der Waals surface area contributed by atoms with E-state index < -0.39 is 6.04 Å². The lowest BCUT2D eigenvalue weighted by Gasteiger charge is -2.31. The molecule has 2 aromatic rings. The molecule has 0 aliphatic carbocycles. The molecule has 1 atom stereocenters. The average Bonchev–Trinajstić information content (AvgIpc) is 3.14. The number of hydrogen-bond acceptors (Lipinski definition) is 4. The van der Waals surface area contributed by atoms with Crippen LogP contribution in [0, 0.1) is 0 Å². The molecule has 0 spiro atoms. The van der Waals surface area contributed by atoms with Gasteiger partial charge in [-0.15, -0.1) is 0 Å². The van der Waals surface area contributed by atoms with Crippen LogP contribution in [0.25, 0.3) is 0 Å². The summed E-state index contributed by atoms with van der Waals surface area (Å²) in [7, 11) is 3.20. The largest absolute Gasteiger partial charge is 0.333 e. The first-order chi connectivity index (χ1) is 15.4. The Kier molecular flexibility index (Phi) is 5.31. The van der Waals surface area contributed by atoms with Crippen LogP contribution in [0.2, 0.25) is 5.02 Å². The second-order valence-electron chi connectivity index (χ2n) is 8.51. The fourth-order valence-corrected chi connectivity index (χ4v) is 4.89. The number of nitrogens with zero attached hydrogens (tertiary/aromatic N) is 5. The molecule has 1 saturated heterocycles. The zero-order valence-corrected chi connectivity index (χ0v) is 18.9. The summed E-state index contributed by atoms with van der Waals surface area (Å²) < 4.78 is 2.02. The van der Waals surface area contributed by atoms with Gasteiger partial charge in [0.1, 0.15) is 13.1 Å². The number of amides is 3. The van der Waals surface area contributed by atoms with Gasteiger partial charge in [0.2, 0.25) is 0 Å². The van der Waals surface area contributed by atoms with Gasteiger partial charge in [-0.3, -0.25) is 19.5 Å². The first kappa shape index (κ1) is 20.8. The Bertz CT molecular complexity index is 1170. The summed E-state index contributed by atoms with van der Waals surface area (Å²) in [4.78, 5) is 35.5. The first-order valence-corrected chi connectivity index (χ1v) is 11.1. The molecule has 3 aliphatic heterocycles. The van der Waals surface area contributed by atoms with Gasteiger partial charge in [-0.1, -0.05) is 48.0 Å². The zero-order chi connectivity index (χ0) is 22.4. The topological polar surface area (TPSA) is 59.2 Å². The minimum atomic E-state index is -0.617. The van der Waals surface area contributed by atoms with Crippen molar-refractivity contribution in [2.45, 2.75) is 25.6 Å². The summed E-state index contributed by atoms with van der Waals surface area (Å²) >= 11 is 6.21. The van der Waals surface area contributed by atoms with Crippen LogP contribution in [0.1, 0.15) is 16.7 Å². The molecule has 1 unspecified atom stereocenters. The molecule has 5 rings (SSSR count). The maximum Gasteiger partial charge on any atom is 0.333 e.